The van der Waals surface area contributed by atoms with Crippen LogP contribution in [0.4, 0.5) is 4.39 Å². The molecule has 0 saturated heterocycles. The second-order valence-electron chi connectivity index (χ2n) is 8.40. The van der Waals surface area contributed by atoms with Gasteiger partial charge in [0.15, 0.2) is 0 Å². The number of fused-ring (bicyclic) bond motifs is 1. The van der Waals surface area contributed by atoms with E-state index in [4.69, 9.17) is 4.74 Å². The third kappa shape index (κ3) is 3.43. The van der Waals surface area contributed by atoms with Crippen molar-refractivity contribution in [2.45, 2.75) is 31.8 Å². The molecule has 6 nitrogen and oxygen atoms in total. The Kier molecular flexibility index (Phi) is 5.06. The maximum atomic E-state index is 13.6. The molecule has 0 bridgehead atoms. The molecular formula is C24H25FN4O2. The minimum atomic E-state index is -0.293. The minimum Gasteiger partial charge on any atom is -0.384 e. The van der Waals surface area contributed by atoms with Crippen molar-refractivity contribution in [1.29, 1.82) is 0 Å². The number of hydrogen-bond acceptors (Lipinski definition) is 4. The van der Waals surface area contributed by atoms with Crippen LogP contribution in [0.1, 0.15) is 35.3 Å². The average Bonchev–Trinajstić information content (AvgIpc) is 3.46. The SMILES string of the molecule is COC[C@H]1CCC[C@H]1N1Cc2nccc(-c3cn(C)nc3-c3ccc(F)cc3)c2C1=O. The highest BCUT2D eigenvalue weighted by molar-refractivity contribution is 6.05. The number of carbonyl (C=O) groups excluding carboxylic acids is 1. The number of aromatic nitrogens is 3. The van der Waals surface area contributed by atoms with Gasteiger partial charge in [-0.15, -0.1) is 0 Å². The molecule has 7 heteroatoms. The summed E-state index contributed by atoms with van der Waals surface area (Å²) < 4.78 is 20.6. The van der Waals surface area contributed by atoms with E-state index in [9.17, 15) is 9.18 Å². The predicted octanol–water partition coefficient (Wildman–Crippen LogP) is 4.06. The van der Waals surface area contributed by atoms with Gasteiger partial charge in [0.1, 0.15) is 11.5 Å². The van der Waals surface area contributed by atoms with Crippen molar-refractivity contribution in [3.05, 3.63) is 59.8 Å². The van der Waals surface area contributed by atoms with Gasteiger partial charge in [-0.25, -0.2) is 4.39 Å². The summed E-state index contributed by atoms with van der Waals surface area (Å²) >= 11 is 0. The van der Waals surface area contributed by atoms with E-state index in [2.05, 4.69) is 10.1 Å². The van der Waals surface area contributed by atoms with E-state index >= 15 is 0 Å². The topological polar surface area (TPSA) is 60.2 Å². The molecule has 3 heterocycles. The highest BCUT2D eigenvalue weighted by Gasteiger charge is 2.41. The van der Waals surface area contributed by atoms with Crippen molar-refractivity contribution in [2.24, 2.45) is 13.0 Å². The number of nitrogens with zero attached hydrogens (tertiary/aromatic N) is 4. The first-order valence-corrected chi connectivity index (χ1v) is 10.6. The lowest BCUT2D eigenvalue weighted by molar-refractivity contribution is 0.0567. The number of benzene rings is 1. The zero-order valence-corrected chi connectivity index (χ0v) is 17.7. The number of ether oxygens (including phenoxy) is 1. The summed E-state index contributed by atoms with van der Waals surface area (Å²) in [5.74, 6) is 0.0962. The van der Waals surface area contributed by atoms with Gasteiger partial charge < -0.3 is 9.64 Å². The highest BCUT2D eigenvalue weighted by atomic mass is 19.1. The number of pyridine rings is 1. The second kappa shape index (κ2) is 7.89. The first-order chi connectivity index (χ1) is 15.1. The Bertz CT molecular complexity index is 1130. The highest BCUT2D eigenvalue weighted by Crippen LogP contribution is 2.40. The van der Waals surface area contributed by atoms with Gasteiger partial charge in [-0.05, 0) is 43.2 Å². The smallest absolute Gasteiger partial charge is 0.257 e. The summed E-state index contributed by atoms with van der Waals surface area (Å²) in [4.78, 5) is 20.1. The molecule has 1 aliphatic heterocycles. The van der Waals surface area contributed by atoms with Crippen molar-refractivity contribution >= 4 is 5.91 Å². The van der Waals surface area contributed by atoms with Crippen LogP contribution in [-0.4, -0.2) is 45.3 Å². The zero-order valence-electron chi connectivity index (χ0n) is 17.7. The fraction of sp³-hybridized carbons (Fsp3) is 0.375. The molecule has 160 valence electrons. The summed E-state index contributed by atoms with van der Waals surface area (Å²) in [5, 5.41) is 4.60. The standard InChI is InChI=1S/C24H25FN4O2/c1-28-12-19(23(27-28)15-6-8-17(25)9-7-15)18-10-11-26-20-13-29(24(30)22(18)20)21-5-3-4-16(21)14-31-2/h6-12,16,21H,3-5,13-14H2,1-2H3/t16-,21-/m1/s1. The van der Waals surface area contributed by atoms with Gasteiger partial charge in [-0.1, -0.05) is 6.42 Å². The summed E-state index contributed by atoms with van der Waals surface area (Å²) in [6.07, 6.45) is 6.85. The minimum absolute atomic E-state index is 0.0278. The molecule has 0 spiro atoms. The normalized spacial score (nSPS) is 20.5. The molecule has 1 saturated carbocycles. The molecule has 5 rings (SSSR count). The van der Waals surface area contributed by atoms with Gasteiger partial charge in [0.2, 0.25) is 0 Å². The molecule has 2 aromatic heterocycles. The molecule has 2 atom stereocenters. The van der Waals surface area contributed by atoms with E-state index in [-0.39, 0.29) is 17.8 Å². The van der Waals surface area contributed by atoms with E-state index in [1.54, 1.807) is 30.1 Å². The molecule has 0 N–H and O–H groups in total. The van der Waals surface area contributed by atoms with Gasteiger partial charge in [-0.2, -0.15) is 5.10 Å². The molecule has 2 aliphatic rings. The van der Waals surface area contributed by atoms with E-state index in [0.29, 0.717) is 24.6 Å². The van der Waals surface area contributed by atoms with Crippen LogP contribution in [-0.2, 0) is 18.3 Å². The van der Waals surface area contributed by atoms with Crippen molar-refractivity contribution in [2.75, 3.05) is 13.7 Å². The van der Waals surface area contributed by atoms with E-state index in [0.717, 1.165) is 47.3 Å². The fourth-order valence-corrected chi connectivity index (χ4v) is 5.08. The van der Waals surface area contributed by atoms with Crippen LogP contribution in [0.5, 0.6) is 0 Å². The average molecular weight is 420 g/mol. The quantitative estimate of drug-likeness (QED) is 0.625. The Balaban J connectivity index is 1.55. The third-order valence-corrected chi connectivity index (χ3v) is 6.46. The van der Waals surface area contributed by atoms with Gasteiger partial charge >= 0.3 is 0 Å². The Hall–Kier alpha value is -3.06. The zero-order chi connectivity index (χ0) is 21.5. The molecule has 31 heavy (non-hydrogen) atoms. The van der Waals surface area contributed by atoms with Crippen LogP contribution < -0.4 is 0 Å². The van der Waals surface area contributed by atoms with Crippen molar-refractivity contribution in [3.8, 4) is 22.4 Å². The van der Waals surface area contributed by atoms with Crippen LogP contribution in [0.25, 0.3) is 22.4 Å². The summed E-state index contributed by atoms with van der Waals surface area (Å²) in [7, 11) is 3.56. The van der Waals surface area contributed by atoms with Crippen molar-refractivity contribution in [1.82, 2.24) is 19.7 Å². The molecular weight excluding hydrogens is 395 g/mol. The van der Waals surface area contributed by atoms with Crippen LogP contribution in [0.2, 0.25) is 0 Å². The lowest BCUT2D eigenvalue weighted by atomic mass is 9.97. The molecule has 1 fully saturated rings. The van der Waals surface area contributed by atoms with E-state index < -0.39 is 0 Å². The lowest BCUT2D eigenvalue weighted by Gasteiger charge is -2.29. The molecule has 0 radical (unpaired) electrons. The summed E-state index contributed by atoms with van der Waals surface area (Å²) in [6, 6.07) is 8.34. The third-order valence-electron chi connectivity index (χ3n) is 6.46. The first-order valence-electron chi connectivity index (χ1n) is 10.6. The van der Waals surface area contributed by atoms with Crippen LogP contribution in [0.15, 0.2) is 42.7 Å². The van der Waals surface area contributed by atoms with Crippen molar-refractivity contribution < 1.29 is 13.9 Å². The van der Waals surface area contributed by atoms with E-state index in [1.165, 1.54) is 12.1 Å². The number of amides is 1. The first kappa shape index (κ1) is 19.9. The largest absolute Gasteiger partial charge is 0.384 e. The molecule has 0 unspecified atom stereocenters. The molecule has 1 aromatic carbocycles. The predicted molar refractivity (Wildman–Crippen MR) is 115 cm³/mol. The second-order valence-corrected chi connectivity index (χ2v) is 8.40. The van der Waals surface area contributed by atoms with Gasteiger partial charge in [0.25, 0.3) is 5.91 Å². The number of rotatable bonds is 5. The van der Waals surface area contributed by atoms with Crippen LogP contribution in [0.3, 0.4) is 0 Å². The number of aryl methyl sites for hydroxylation is 1. The van der Waals surface area contributed by atoms with Crippen molar-refractivity contribution in [3.63, 3.8) is 0 Å². The number of carbonyl (C=O) groups is 1. The molecule has 1 aliphatic carbocycles. The lowest BCUT2D eigenvalue weighted by Crippen LogP contribution is -2.39. The monoisotopic (exact) mass is 420 g/mol. The maximum absolute atomic E-state index is 13.6. The summed E-state index contributed by atoms with van der Waals surface area (Å²) in [5.41, 5.74) is 4.66. The molecule has 3 aromatic rings. The van der Waals surface area contributed by atoms with Gasteiger partial charge in [-0.3, -0.25) is 14.5 Å². The van der Waals surface area contributed by atoms with E-state index in [1.807, 2.05) is 24.2 Å². The fourth-order valence-electron chi connectivity index (χ4n) is 5.08. The Morgan fingerprint density at radius 2 is 1.97 bits per heavy atom. The van der Waals surface area contributed by atoms with Crippen LogP contribution in [0, 0.1) is 11.7 Å². The van der Waals surface area contributed by atoms with Gasteiger partial charge in [0.05, 0.1) is 24.4 Å². The number of hydrogen-bond donors (Lipinski definition) is 0. The van der Waals surface area contributed by atoms with Crippen LogP contribution >= 0.6 is 0 Å². The number of halogens is 1. The Morgan fingerprint density at radius 1 is 1.16 bits per heavy atom. The Morgan fingerprint density at radius 3 is 2.74 bits per heavy atom. The summed E-state index contributed by atoms with van der Waals surface area (Å²) in [6.45, 7) is 1.20. The Labute approximate surface area is 180 Å². The molecule has 1 amide bonds. The maximum Gasteiger partial charge on any atom is 0.257 e. The van der Waals surface area contributed by atoms with Gasteiger partial charge in [0, 0.05) is 55.2 Å². The number of methoxy groups -OCH3 is 1.